The first-order valence-corrected chi connectivity index (χ1v) is 6.50. The first kappa shape index (κ1) is 12.2. The van der Waals surface area contributed by atoms with Crippen LogP contribution in [-0.2, 0) is 0 Å². The van der Waals surface area contributed by atoms with Crippen molar-refractivity contribution in [2.45, 2.75) is 46.0 Å². The third-order valence-corrected chi connectivity index (χ3v) is 4.21. The van der Waals surface area contributed by atoms with Crippen molar-refractivity contribution >= 4 is 11.5 Å². The molecule has 0 radical (unpaired) electrons. The van der Waals surface area contributed by atoms with Gasteiger partial charge in [-0.3, -0.25) is 4.79 Å². The quantitative estimate of drug-likeness (QED) is 0.636. The van der Waals surface area contributed by atoms with Gasteiger partial charge < -0.3 is 5.73 Å². The van der Waals surface area contributed by atoms with Crippen LogP contribution in [0.25, 0.3) is 0 Å². The molecule has 0 saturated heterocycles. The van der Waals surface area contributed by atoms with Crippen LogP contribution in [0.3, 0.4) is 0 Å². The molecule has 0 heterocycles. The van der Waals surface area contributed by atoms with Crippen LogP contribution in [0.1, 0.15) is 54.9 Å². The number of benzene rings is 1. The lowest BCUT2D eigenvalue weighted by Crippen LogP contribution is -2.28. The highest BCUT2D eigenvalue weighted by Gasteiger charge is 2.39. The van der Waals surface area contributed by atoms with Crippen LogP contribution in [0.4, 0.5) is 5.69 Å². The summed E-state index contributed by atoms with van der Waals surface area (Å²) in [6, 6.07) is 5.62. The van der Waals surface area contributed by atoms with Gasteiger partial charge in [0.05, 0.1) is 0 Å². The Bertz CT molecular complexity index is 431. The summed E-state index contributed by atoms with van der Waals surface area (Å²) < 4.78 is 0. The Balaban J connectivity index is 2.36. The summed E-state index contributed by atoms with van der Waals surface area (Å²) in [6.45, 7) is 4.11. The van der Waals surface area contributed by atoms with E-state index in [1.807, 2.05) is 25.1 Å². The van der Waals surface area contributed by atoms with Gasteiger partial charge in [0.2, 0.25) is 0 Å². The average Bonchev–Trinajstić information content (AvgIpc) is 2.78. The van der Waals surface area contributed by atoms with Crippen LogP contribution < -0.4 is 5.73 Å². The molecule has 2 N–H and O–H groups in total. The number of ketones is 1. The Morgan fingerprint density at radius 1 is 1.35 bits per heavy atom. The molecular formula is C15H21NO. The fourth-order valence-corrected chi connectivity index (χ4v) is 3.02. The summed E-state index contributed by atoms with van der Waals surface area (Å²) in [4.78, 5) is 12.7. The summed E-state index contributed by atoms with van der Waals surface area (Å²) in [5.74, 6) is 0.329. The highest BCUT2D eigenvalue weighted by molar-refractivity contribution is 6.02. The molecule has 1 fully saturated rings. The van der Waals surface area contributed by atoms with E-state index in [2.05, 4.69) is 6.92 Å². The number of nitrogen functional groups attached to an aromatic ring is 1. The highest BCUT2D eigenvalue weighted by Crippen LogP contribution is 2.43. The zero-order valence-corrected chi connectivity index (χ0v) is 10.8. The Kier molecular flexibility index (Phi) is 3.23. The largest absolute Gasteiger partial charge is 0.399 e. The van der Waals surface area contributed by atoms with Crippen molar-refractivity contribution < 1.29 is 4.79 Å². The fraction of sp³-hybridized carbons (Fsp3) is 0.533. The number of aryl methyl sites for hydroxylation is 1. The lowest BCUT2D eigenvalue weighted by molar-refractivity contribution is 0.0790. The molecule has 0 spiro atoms. The molecule has 17 heavy (non-hydrogen) atoms. The van der Waals surface area contributed by atoms with E-state index < -0.39 is 0 Å². The van der Waals surface area contributed by atoms with E-state index in [4.69, 9.17) is 5.73 Å². The number of carbonyl (C=O) groups is 1. The van der Waals surface area contributed by atoms with Gasteiger partial charge in [-0.2, -0.15) is 0 Å². The molecule has 1 aromatic rings. The maximum Gasteiger partial charge on any atom is 0.169 e. The topological polar surface area (TPSA) is 43.1 Å². The SMILES string of the molecule is CCC1(C(=O)c2ccc(N)cc2C)CCCC1. The molecule has 2 heteroatoms. The second-order valence-electron chi connectivity index (χ2n) is 5.24. The Morgan fingerprint density at radius 3 is 2.53 bits per heavy atom. The third kappa shape index (κ3) is 2.08. The molecule has 2 rings (SSSR count). The molecule has 2 nitrogen and oxygen atoms in total. The number of Topliss-reactive ketones (excluding diaryl/α,β-unsaturated/α-hetero) is 1. The maximum absolute atomic E-state index is 12.7. The van der Waals surface area contributed by atoms with E-state index in [-0.39, 0.29) is 5.41 Å². The molecular weight excluding hydrogens is 210 g/mol. The van der Waals surface area contributed by atoms with Crippen LogP contribution in [0.2, 0.25) is 0 Å². The second-order valence-corrected chi connectivity index (χ2v) is 5.24. The van der Waals surface area contributed by atoms with E-state index in [0.717, 1.165) is 36.1 Å². The number of hydrogen-bond donors (Lipinski definition) is 1. The van der Waals surface area contributed by atoms with Gasteiger partial charge in [0.15, 0.2) is 5.78 Å². The van der Waals surface area contributed by atoms with Gasteiger partial charge in [-0.05, 0) is 49.9 Å². The van der Waals surface area contributed by atoms with Gasteiger partial charge >= 0.3 is 0 Å². The summed E-state index contributed by atoms with van der Waals surface area (Å²) in [5.41, 5.74) is 8.24. The van der Waals surface area contributed by atoms with Crippen molar-refractivity contribution in [3.05, 3.63) is 29.3 Å². The molecule has 0 amide bonds. The van der Waals surface area contributed by atoms with Gasteiger partial charge in [0.1, 0.15) is 0 Å². The molecule has 1 aromatic carbocycles. The molecule has 1 aliphatic carbocycles. The molecule has 0 bridgehead atoms. The summed E-state index contributed by atoms with van der Waals surface area (Å²) in [7, 11) is 0. The van der Waals surface area contributed by atoms with Crippen molar-refractivity contribution in [3.8, 4) is 0 Å². The van der Waals surface area contributed by atoms with Crippen LogP contribution in [0.5, 0.6) is 0 Å². The minimum atomic E-state index is -0.0964. The molecule has 1 aliphatic rings. The fourth-order valence-electron chi connectivity index (χ4n) is 3.02. The maximum atomic E-state index is 12.7. The first-order chi connectivity index (χ1) is 8.09. The van der Waals surface area contributed by atoms with E-state index in [9.17, 15) is 4.79 Å². The van der Waals surface area contributed by atoms with Crippen LogP contribution >= 0.6 is 0 Å². The summed E-state index contributed by atoms with van der Waals surface area (Å²) in [6.07, 6.45) is 5.43. The number of rotatable bonds is 3. The van der Waals surface area contributed by atoms with Gasteiger partial charge in [-0.15, -0.1) is 0 Å². The molecule has 0 unspecified atom stereocenters. The van der Waals surface area contributed by atoms with E-state index in [1.165, 1.54) is 12.8 Å². The number of anilines is 1. The van der Waals surface area contributed by atoms with Crippen LogP contribution in [-0.4, -0.2) is 5.78 Å². The van der Waals surface area contributed by atoms with Gasteiger partial charge in [0.25, 0.3) is 0 Å². The van der Waals surface area contributed by atoms with Crippen molar-refractivity contribution in [2.75, 3.05) is 5.73 Å². The Morgan fingerprint density at radius 2 is 2.00 bits per heavy atom. The van der Waals surface area contributed by atoms with Gasteiger partial charge in [-0.25, -0.2) is 0 Å². The average molecular weight is 231 g/mol. The minimum absolute atomic E-state index is 0.0964. The number of nitrogens with two attached hydrogens (primary N) is 1. The normalized spacial score (nSPS) is 18.2. The van der Waals surface area contributed by atoms with E-state index in [1.54, 1.807) is 0 Å². The summed E-state index contributed by atoms with van der Waals surface area (Å²) in [5, 5.41) is 0. The number of hydrogen-bond acceptors (Lipinski definition) is 2. The predicted molar refractivity (Wildman–Crippen MR) is 71.1 cm³/mol. The summed E-state index contributed by atoms with van der Waals surface area (Å²) >= 11 is 0. The van der Waals surface area contributed by atoms with Crippen molar-refractivity contribution in [2.24, 2.45) is 5.41 Å². The third-order valence-electron chi connectivity index (χ3n) is 4.21. The van der Waals surface area contributed by atoms with Crippen molar-refractivity contribution in [3.63, 3.8) is 0 Å². The second kappa shape index (κ2) is 4.52. The standard InChI is InChI=1S/C15H21NO/c1-3-15(8-4-5-9-15)14(17)13-7-6-12(16)10-11(13)2/h6-7,10H,3-5,8-9,16H2,1-2H3. The lowest BCUT2D eigenvalue weighted by Gasteiger charge is -2.26. The lowest BCUT2D eigenvalue weighted by atomic mass is 9.76. The molecule has 92 valence electrons. The molecule has 0 aromatic heterocycles. The van der Waals surface area contributed by atoms with Crippen LogP contribution in [0.15, 0.2) is 18.2 Å². The minimum Gasteiger partial charge on any atom is -0.399 e. The zero-order chi connectivity index (χ0) is 12.5. The first-order valence-electron chi connectivity index (χ1n) is 6.50. The number of carbonyl (C=O) groups excluding carboxylic acids is 1. The van der Waals surface area contributed by atoms with Gasteiger partial charge in [0, 0.05) is 16.7 Å². The zero-order valence-electron chi connectivity index (χ0n) is 10.8. The smallest absolute Gasteiger partial charge is 0.169 e. The highest BCUT2D eigenvalue weighted by atomic mass is 16.1. The molecule has 0 atom stereocenters. The molecule has 1 saturated carbocycles. The van der Waals surface area contributed by atoms with Crippen molar-refractivity contribution in [1.82, 2.24) is 0 Å². The van der Waals surface area contributed by atoms with E-state index in [0.29, 0.717) is 5.78 Å². The van der Waals surface area contributed by atoms with E-state index >= 15 is 0 Å². The Hall–Kier alpha value is -1.31. The Labute approximate surface area is 103 Å². The monoisotopic (exact) mass is 231 g/mol. The van der Waals surface area contributed by atoms with Crippen LogP contribution in [0, 0.1) is 12.3 Å². The van der Waals surface area contributed by atoms with Gasteiger partial charge in [-0.1, -0.05) is 19.8 Å². The predicted octanol–water partition coefficient (Wildman–Crippen LogP) is 3.73. The molecule has 0 aliphatic heterocycles. The van der Waals surface area contributed by atoms with Crippen molar-refractivity contribution in [1.29, 1.82) is 0 Å².